The van der Waals surface area contributed by atoms with Crippen molar-refractivity contribution in [2.45, 2.75) is 38.3 Å². The maximum atomic E-state index is 9.05. The number of nitrogens with zero attached hydrogens (tertiary/aromatic N) is 1. The first-order valence-corrected chi connectivity index (χ1v) is 7.37. The molecule has 1 aromatic rings. The monoisotopic (exact) mass is 273 g/mol. The molecule has 0 spiro atoms. The summed E-state index contributed by atoms with van der Waals surface area (Å²) in [6, 6.07) is 8.77. The van der Waals surface area contributed by atoms with Gasteiger partial charge in [-0.1, -0.05) is 36.5 Å². The number of aliphatic hydroxyl groups is 2. The smallest absolute Gasteiger partial charge is 0.104 e. The Morgan fingerprint density at radius 3 is 2.65 bits per heavy atom. The lowest BCUT2D eigenvalue weighted by Crippen LogP contribution is -2.40. The first-order valence-electron chi connectivity index (χ1n) is 7.37. The van der Waals surface area contributed by atoms with Gasteiger partial charge in [0.25, 0.3) is 0 Å². The van der Waals surface area contributed by atoms with Crippen LogP contribution in [0.4, 0.5) is 0 Å². The molecule has 0 heterocycles. The number of aliphatic hydroxyl groups excluding tert-OH is 2. The fraction of sp³-hybridized carbons (Fsp3) is 0.529. The molecule has 0 aromatic heterocycles. The molecule has 0 amide bonds. The van der Waals surface area contributed by atoms with Gasteiger partial charge < -0.3 is 10.2 Å². The van der Waals surface area contributed by atoms with Crippen LogP contribution in [0.1, 0.15) is 36.8 Å². The van der Waals surface area contributed by atoms with Crippen molar-refractivity contribution in [2.24, 2.45) is 0 Å². The predicted octanol–water partition coefficient (Wildman–Crippen LogP) is 1.77. The van der Waals surface area contributed by atoms with E-state index in [4.69, 9.17) is 10.2 Å². The van der Waals surface area contributed by atoms with E-state index < -0.39 is 0 Å². The van der Waals surface area contributed by atoms with Crippen LogP contribution >= 0.6 is 0 Å². The van der Waals surface area contributed by atoms with Gasteiger partial charge in [-0.05, 0) is 30.9 Å². The molecule has 1 aromatic carbocycles. The Hall–Kier alpha value is -1.34. The molecule has 0 saturated heterocycles. The molecule has 1 aliphatic rings. The van der Waals surface area contributed by atoms with E-state index in [-0.39, 0.29) is 13.2 Å². The summed E-state index contributed by atoms with van der Waals surface area (Å²) in [6.45, 7) is 1.95. The van der Waals surface area contributed by atoms with E-state index in [1.54, 1.807) is 0 Å². The third-order valence-corrected chi connectivity index (χ3v) is 3.89. The molecule has 3 nitrogen and oxygen atoms in total. The number of benzene rings is 1. The molecule has 3 heteroatoms. The average molecular weight is 273 g/mol. The lowest BCUT2D eigenvalue weighted by Gasteiger charge is -2.37. The van der Waals surface area contributed by atoms with Crippen LogP contribution in [0.5, 0.6) is 0 Å². The van der Waals surface area contributed by atoms with Crippen LogP contribution in [0.15, 0.2) is 24.3 Å². The van der Waals surface area contributed by atoms with Crippen molar-refractivity contribution in [3.63, 3.8) is 0 Å². The van der Waals surface area contributed by atoms with E-state index in [1.165, 1.54) is 24.8 Å². The molecule has 0 radical (unpaired) electrons. The fourth-order valence-electron chi connectivity index (χ4n) is 2.55. The van der Waals surface area contributed by atoms with E-state index in [0.29, 0.717) is 6.04 Å². The van der Waals surface area contributed by atoms with Gasteiger partial charge in [-0.3, -0.25) is 4.90 Å². The normalized spacial score (nSPS) is 14.8. The van der Waals surface area contributed by atoms with Gasteiger partial charge in [0.05, 0.1) is 0 Å². The van der Waals surface area contributed by atoms with E-state index >= 15 is 0 Å². The summed E-state index contributed by atoms with van der Waals surface area (Å²) in [4.78, 5) is 2.46. The largest absolute Gasteiger partial charge is 0.396 e. The molecule has 1 fully saturated rings. The minimum Gasteiger partial charge on any atom is -0.396 e. The maximum absolute atomic E-state index is 9.05. The van der Waals surface area contributed by atoms with Gasteiger partial charge in [-0.15, -0.1) is 0 Å². The summed E-state index contributed by atoms with van der Waals surface area (Å²) in [5.41, 5.74) is 2.20. The van der Waals surface area contributed by atoms with E-state index in [9.17, 15) is 0 Å². The van der Waals surface area contributed by atoms with E-state index in [1.807, 2.05) is 18.2 Å². The highest BCUT2D eigenvalue weighted by molar-refractivity contribution is 5.41. The van der Waals surface area contributed by atoms with Crippen molar-refractivity contribution in [1.82, 2.24) is 4.90 Å². The standard InChI is InChI=1S/C17H23NO2/c19-12-4-8-15-6-1-2-7-16(15)14-18(11-5-13-20)17-9-3-10-17/h1-2,6-7,17,19-20H,3,5,9-14H2. The lowest BCUT2D eigenvalue weighted by molar-refractivity contribution is 0.109. The first-order chi connectivity index (χ1) is 9.85. The molecule has 0 atom stereocenters. The summed E-state index contributed by atoms with van der Waals surface area (Å²) in [5.74, 6) is 5.75. The third-order valence-electron chi connectivity index (χ3n) is 3.89. The zero-order valence-electron chi connectivity index (χ0n) is 11.9. The van der Waals surface area contributed by atoms with Crippen molar-refractivity contribution in [3.8, 4) is 11.8 Å². The van der Waals surface area contributed by atoms with Crippen LogP contribution in [-0.2, 0) is 6.54 Å². The Morgan fingerprint density at radius 1 is 1.20 bits per heavy atom. The Bertz CT molecular complexity index is 471. The van der Waals surface area contributed by atoms with Gasteiger partial charge in [-0.25, -0.2) is 0 Å². The first kappa shape index (κ1) is 15.1. The second-order valence-electron chi connectivity index (χ2n) is 5.25. The van der Waals surface area contributed by atoms with E-state index in [0.717, 1.165) is 25.1 Å². The van der Waals surface area contributed by atoms with Crippen LogP contribution in [0.25, 0.3) is 0 Å². The number of hydrogen-bond donors (Lipinski definition) is 2. The zero-order valence-corrected chi connectivity index (χ0v) is 11.9. The van der Waals surface area contributed by atoms with Gasteiger partial charge in [0.2, 0.25) is 0 Å². The minimum atomic E-state index is -0.106. The molecule has 2 rings (SSSR count). The van der Waals surface area contributed by atoms with Crippen LogP contribution in [0.3, 0.4) is 0 Å². The third kappa shape index (κ3) is 4.08. The maximum Gasteiger partial charge on any atom is 0.104 e. The quantitative estimate of drug-likeness (QED) is 0.776. The average Bonchev–Trinajstić information content (AvgIpc) is 2.42. The minimum absolute atomic E-state index is 0.106. The second-order valence-corrected chi connectivity index (χ2v) is 5.25. The van der Waals surface area contributed by atoms with Crippen molar-refractivity contribution in [1.29, 1.82) is 0 Å². The molecular weight excluding hydrogens is 250 g/mol. The summed E-state index contributed by atoms with van der Waals surface area (Å²) in [7, 11) is 0. The molecule has 1 aliphatic carbocycles. The zero-order chi connectivity index (χ0) is 14.2. The van der Waals surface area contributed by atoms with Crippen molar-refractivity contribution >= 4 is 0 Å². The molecular formula is C17H23NO2. The summed E-state index contributed by atoms with van der Waals surface area (Å²) >= 11 is 0. The van der Waals surface area contributed by atoms with Crippen molar-refractivity contribution in [2.75, 3.05) is 19.8 Å². The number of rotatable bonds is 6. The second kappa shape index (κ2) is 8.06. The SMILES string of the molecule is OCC#Cc1ccccc1CN(CCCO)C1CCC1. The molecule has 108 valence electrons. The Labute approximate surface area is 121 Å². The van der Waals surface area contributed by atoms with Crippen LogP contribution < -0.4 is 0 Å². The molecule has 0 aliphatic heterocycles. The van der Waals surface area contributed by atoms with Gasteiger partial charge in [0.1, 0.15) is 6.61 Å². The summed E-state index contributed by atoms with van der Waals surface area (Å²) in [6.07, 6.45) is 4.65. The van der Waals surface area contributed by atoms with Crippen LogP contribution in [-0.4, -0.2) is 40.9 Å². The molecule has 0 bridgehead atoms. The highest BCUT2D eigenvalue weighted by Gasteiger charge is 2.24. The Kier molecular flexibility index (Phi) is 6.07. The van der Waals surface area contributed by atoms with Gasteiger partial charge in [0, 0.05) is 31.3 Å². The summed E-state index contributed by atoms with van der Waals surface area (Å²) < 4.78 is 0. The molecule has 0 unspecified atom stereocenters. The van der Waals surface area contributed by atoms with Crippen LogP contribution in [0, 0.1) is 11.8 Å². The predicted molar refractivity (Wildman–Crippen MR) is 80.2 cm³/mol. The molecule has 1 saturated carbocycles. The van der Waals surface area contributed by atoms with Crippen LogP contribution in [0.2, 0.25) is 0 Å². The highest BCUT2D eigenvalue weighted by atomic mass is 16.3. The lowest BCUT2D eigenvalue weighted by atomic mass is 9.90. The molecule has 2 N–H and O–H groups in total. The fourth-order valence-corrected chi connectivity index (χ4v) is 2.55. The molecule has 20 heavy (non-hydrogen) atoms. The highest BCUT2D eigenvalue weighted by Crippen LogP contribution is 2.26. The van der Waals surface area contributed by atoms with E-state index in [2.05, 4.69) is 22.8 Å². The van der Waals surface area contributed by atoms with Gasteiger partial charge >= 0.3 is 0 Å². The number of hydrogen-bond acceptors (Lipinski definition) is 3. The van der Waals surface area contributed by atoms with Crippen molar-refractivity contribution < 1.29 is 10.2 Å². The Morgan fingerprint density at radius 2 is 2.00 bits per heavy atom. The van der Waals surface area contributed by atoms with Gasteiger partial charge in [0.15, 0.2) is 0 Å². The topological polar surface area (TPSA) is 43.7 Å². The summed E-state index contributed by atoms with van der Waals surface area (Å²) in [5, 5.41) is 17.9. The van der Waals surface area contributed by atoms with Gasteiger partial charge in [-0.2, -0.15) is 0 Å². The Balaban J connectivity index is 2.08. The van der Waals surface area contributed by atoms with Crippen molar-refractivity contribution in [3.05, 3.63) is 35.4 Å².